The zero-order valence-electron chi connectivity index (χ0n) is 22.0. The number of nitrogens with zero attached hydrogens (tertiary/aromatic N) is 2. The number of thiophene rings is 1. The van der Waals surface area contributed by atoms with E-state index in [2.05, 4.69) is 10.6 Å². The standard InChI is InChI=1S/C26H32N4O6S/c1-14(2)30(17(5)22(32)27-20-16(4)13-37-21(20)23(33)36-7)19(31)12-29-24(34)26(6,28-25(29)35)18-10-8-15(3)9-11-18/h8-11,13-14,17H,12H2,1-7H3,(H,27,32)(H,28,35). The first-order chi connectivity index (χ1) is 17.3. The van der Waals surface area contributed by atoms with Gasteiger partial charge in [-0.15, -0.1) is 11.3 Å². The highest BCUT2D eigenvalue weighted by molar-refractivity contribution is 7.12. The number of carbonyl (C=O) groups is 5. The Hall–Kier alpha value is -3.73. The average Bonchev–Trinajstić information content (AvgIpc) is 3.30. The Labute approximate surface area is 220 Å². The minimum atomic E-state index is -1.31. The summed E-state index contributed by atoms with van der Waals surface area (Å²) in [4.78, 5) is 67.1. The van der Waals surface area contributed by atoms with E-state index in [9.17, 15) is 24.0 Å². The maximum absolute atomic E-state index is 13.4. The lowest BCUT2D eigenvalue weighted by molar-refractivity contribution is -0.143. The van der Waals surface area contributed by atoms with Crippen molar-refractivity contribution in [2.45, 2.75) is 59.2 Å². The smallest absolute Gasteiger partial charge is 0.350 e. The molecule has 2 aromatic rings. The molecule has 1 aromatic heterocycles. The lowest BCUT2D eigenvalue weighted by Gasteiger charge is -2.33. The number of methoxy groups -OCH3 is 1. The SMILES string of the molecule is COC(=O)c1scc(C)c1NC(=O)C(C)N(C(=O)CN1C(=O)NC(C)(c2ccc(C)cc2)C1=O)C(C)C. The van der Waals surface area contributed by atoms with Crippen molar-refractivity contribution < 1.29 is 28.7 Å². The number of ether oxygens (including phenoxy) is 1. The van der Waals surface area contributed by atoms with Crippen LogP contribution >= 0.6 is 11.3 Å². The van der Waals surface area contributed by atoms with E-state index in [1.807, 2.05) is 19.1 Å². The van der Waals surface area contributed by atoms with Crippen LogP contribution in [-0.4, -0.2) is 65.3 Å². The topological polar surface area (TPSA) is 125 Å². The van der Waals surface area contributed by atoms with Crippen LogP contribution in [0.25, 0.3) is 0 Å². The van der Waals surface area contributed by atoms with E-state index in [4.69, 9.17) is 4.74 Å². The van der Waals surface area contributed by atoms with Crippen molar-refractivity contribution in [1.82, 2.24) is 15.1 Å². The van der Waals surface area contributed by atoms with Crippen molar-refractivity contribution >= 4 is 46.7 Å². The van der Waals surface area contributed by atoms with Gasteiger partial charge in [-0.05, 0) is 58.0 Å². The predicted molar refractivity (Wildman–Crippen MR) is 139 cm³/mol. The highest BCUT2D eigenvalue weighted by Gasteiger charge is 2.50. The maximum Gasteiger partial charge on any atom is 0.350 e. The third-order valence-electron chi connectivity index (χ3n) is 6.43. The number of urea groups is 1. The van der Waals surface area contributed by atoms with Crippen molar-refractivity contribution in [3.63, 3.8) is 0 Å². The van der Waals surface area contributed by atoms with Gasteiger partial charge in [0.1, 0.15) is 23.0 Å². The summed E-state index contributed by atoms with van der Waals surface area (Å²) >= 11 is 1.15. The van der Waals surface area contributed by atoms with Crippen molar-refractivity contribution in [3.8, 4) is 0 Å². The zero-order valence-corrected chi connectivity index (χ0v) is 22.8. The molecule has 3 rings (SSSR count). The van der Waals surface area contributed by atoms with Gasteiger partial charge in [-0.3, -0.25) is 19.3 Å². The molecule has 37 heavy (non-hydrogen) atoms. The van der Waals surface area contributed by atoms with Crippen molar-refractivity contribution in [3.05, 3.63) is 51.2 Å². The highest BCUT2D eigenvalue weighted by atomic mass is 32.1. The molecule has 1 aliphatic heterocycles. The van der Waals surface area contributed by atoms with Crippen LogP contribution in [0.4, 0.5) is 10.5 Å². The van der Waals surface area contributed by atoms with Gasteiger partial charge in [0.2, 0.25) is 11.8 Å². The third kappa shape index (κ3) is 5.36. The fourth-order valence-electron chi connectivity index (χ4n) is 4.29. The van der Waals surface area contributed by atoms with E-state index in [0.29, 0.717) is 16.8 Å². The molecule has 1 aromatic carbocycles. The molecule has 0 spiro atoms. The van der Waals surface area contributed by atoms with Gasteiger partial charge >= 0.3 is 12.0 Å². The van der Waals surface area contributed by atoms with Gasteiger partial charge in [-0.2, -0.15) is 0 Å². The van der Waals surface area contributed by atoms with E-state index >= 15 is 0 Å². The van der Waals surface area contributed by atoms with Crippen LogP contribution in [0.15, 0.2) is 29.6 Å². The maximum atomic E-state index is 13.4. The molecule has 0 bridgehead atoms. The number of amides is 5. The molecular weight excluding hydrogens is 496 g/mol. The third-order valence-corrected chi connectivity index (χ3v) is 7.51. The second-order valence-corrected chi connectivity index (χ2v) is 10.4. The van der Waals surface area contributed by atoms with Crippen LogP contribution in [0.2, 0.25) is 0 Å². The van der Waals surface area contributed by atoms with Crippen molar-refractivity contribution in [2.75, 3.05) is 19.0 Å². The number of rotatable bonds is 8. The zero-order chi connectivity index (χ0) is 27.7. The molecule has 198 valence electrons. The lowest BCUT2D eigenvalue weighted by atomic mass is 9.91. The normalized spacial score (nSPS) is 18.0. The number of hydrogen-bond donors (Lipinski definition) is 2. The fourth-order valence-corrected chi connectivity index (χ4v) is 5.21. The van der Waals surface area contributed by atoms with Crippen LogP contribution in [0, 0.1) is 13.8 Å². The van der Waals surface area contributed by atoms with Crippen LogP contribution in [0.5, 0.6) is 0 Å². The molecule has 5 amide bonds. The minimum absolute atomic E-state index is 0.248. The quantitative estimate of drug-likeness (QED) is 0.401. The van der Waals surface area contributed by atoms with E-state index in [0.717, 1.165) is 21.8 Å². The molecule has 2 unspecified atom stereocenters. The Bertz CT molecular complexity index is 1240. The van der Waals surface area contributed by atoms with Gasteiger partial charge in [0.15, 0.2) is 0 Å². The second kappa shape index (κ2) is 10.7. The van der Waals surface area contributed by atoms with Gasteiger partial charge < -0.3 is 20.3 Å². The Morgan fingerprint density at radius 3 is 2.32 bits per heavy atom. The first-order valence-corrected chi connectivity index (χ1v) is 12.7. The molecule has 1 aliphatic rings. The Morgan fingerprint density at radius 2 is 1.76 bits per heavy atom. The van der Waals surface area contributed by atoms with E-state index in [1.165, 1.54) is 12.0 Å². The Balaban J connectivity index is 1.78. The summed E-state index contributed by atoms with van der Waals surface area (Å²) in [5.41, 5.74) is 1.31. The molecule has 0 saturated carbocycles. The largest absolute Gasteiger partial charge is 0.465 e. The van der Waals surface area contributed by atoms with Crippen LogP contribution < -0.4 is 10.6 Å². The number of nitrogens with one attached hydrogen (secondary N) is 2. The fraction of sp³-hybridized carbons (Fsp3) is 0.423. The average molecular weight is 529 g/mol. The van der Waals surface area contributed by atoms with Gasteiger partial charge in [0.25, 0.3) is 5.91 Å². The van der Waals surface area contributed by atoms with Gasteiger partial charge in [-0.1, -0.05) is 29.8 Å². The van der Waals surface area contributed by atoms with Gasteiger partial charge in [-0.25, -0.2) is 9.59 Å². The molecule has 0 radical (unpaired) electrons. The minimum Gasteiger partial charge on any atom is -0.465 e. The number of carbonyl (C=O) groups excluding carboxylic acids is 5. The first-order valence-electron chi connectivity index (χ1n) is 11.8. The molecule has 2 N–H and O–H groups in total. The van der Waals surface area contributed by atoms with E-state index < -0.39 is 53.9 Å². The Kier molecular flexibility index (Phi) is 8.06. The first kappa shape index (κ1) is 27.9. The molecule has 10 nitrogen and oxygen atoms in total. The van der Waals surface area contributed by atoms with Crippen LogP contribution in [0.1, 0.15) is 54.1 Å². The lowest BCUT2D eigenvalue weighted by Crippen LogP contribution is -2.53. The summed E-state index contributed by atoms with van der Waals surface area (Å²) in [5, 5.41) is 7.15. The number of aryl methyl sites for hydroxylation is 2. The van der Waals surface area contributed by atoms with Crippen LogP contribution in [-0.2, 0) is 24.7 Å². The molecule has 1 saturated heterocycles. The predicted octanol–water partition coefficient (Wildman–Crippen LogP) is 3.18. The number of imide groups is 1. The van der Waals surface area contributed by atoms with Crippen molar-refractivity contribution in [2.24, 2.45) is 0 Å². The number of esters is 1. The van der Waals surface area contributed by atoms with Crippen LogP contribution in [0.3, 0.4) is 0 Å². The summed E-state index contributed by atoms with van der Waals surface area (Å²) in [6.45, 7) is 9.76. The van der Waals surface area contributed by atoms with Gasteiger partial charge in [0.05, 0.1) is 12.8 Å². The Morgan fingerprint density at radius 1 is 1.14 bits per heavy atom. The molecule has 2 heterocycles. The number of anilines is 1. The second-order valence-electron chi connectivity index (χ2n) is 9.49. The molecule has 1 fully saturated rings. The summed E-state index contributed by atoms with van der Waals surface area (Å²) in [6.07, 6.45) is 0. The summed E-state index contributed by atoms with van der Waals surface area (Å²) < 4.78 is 4.79. The van der Waals surface area contributed by atoms with E-state index in [-0.39, 0.29) is 4.88 Å². The summed E-state index contributed by atoms with van der Waals surface area (Å²) in [5.74, 6) is -2.21. The molecule has 2 atom stereocenters. The van der Waals surface area contributed by atoms with Gasteiger partial charge in [0, 0.05) is 6.04 Å². The monoisotopic (exact) mass is 528 g/mol. The summed E-state index contributed by atoms with van der Waals surface area (Å²) in [6, 6.07) is 5.16. The molecular formula is C26H32N4O6S. The number of benzene rings is 1. The molecule has 11 heteroatoms. The van der Waals surface area contributed by atoms with E-state index in [1.54, 1.807) is 52.1 Å². The number of hydrogen-bond acceptors (Lipinski definition) is 7. The highest BCUT2D eigenvalue weighted by Crippen LogP contribution is 2.30. The molecule has 0 aliphatic carbocycles. The van der Waals surface area contributed by atoms with Crippen molar-refractivity contribution in [1.29, 1.82) is 0 Å². The summed E-state index contributed by atoms with van der Waals surface area (Å²) in [7, 11) is 1.25.